The molecule has 0 saturated carbocycles. The van der Waals surface area contributed by atoms with Crippen molar-refractivity contribution >= 4 is 38.7 Å². The molecule has 2 aromatic rings. The molecule has 1 saturated heterocycles. The summed E-state index contributed by atoms with van der Waals surface area (Å²) >= 11 is 3.48. The van der Waals surface area contributed by atoms with Gasteiger partial charge in [0.25, 0.3) is 11.4 Å². The smallest absolute Gasteiger partial charge is 0.299 e. The standard InChI is InChI=1S/C17H17BrN4O5/c18-13-2-1-12(16(9-13)20-5-7-27-8-6-20)11-19-15-4-3-14(21(23)24)10-17(15)22(25)26/h1-4,9-10,19H,5-8,11H2. The second-order valence-electron chi connectivity index (χ2n) is 5.94. The minimum atomic E-state index is -0.651. The van der Waals surface area contributed by atoms with Crippen LogP contribution in [0.25, 0.3) is 0 Å². The molecule has 0 unspecified atom stereocenters. The van der Waals surface area contributed by atoms with Crippen LogP contribution in [0.15, 0.2) is 40.9 Å². The van der Waals surface area contributed by atoms with E-state index in [2.05, 4.69) is 26.1 Å². The minimum Gasteiger partial charge on any atom is -0.378 e. The van der Waals surface area contributed by atoms with Crippen LogP contribution in [0.1, 0.15) is 5.56 Å². The van der Waals surface area contributed by atoms with Gasteiger partial charge in [0.05, 0.1) is 29.1 Å². The number of benzene rings is 2. The van der Waals surface area contributed by atoms with Crippen LogP contribution in [0.4, 0.5) is 22.7 Å². The normalized spacial score (nSPS) is 14.0. The summed E-state index contributed by atoms with van der Waals surface area (Å²) in [5.41, 5.74) is 1.58. The number of nitro benzene ring substituents is 2. The van der Waals surface area contributed by atoms with Gasteiger partial charge in [-0.2, -0.15) is 0 Å². The number of hydrogen-bond acceptors (Lipinski definition) is 7. The Balaban J connectivity index is 1.84. The third kappa shape index (κ3) is 4.52. The first kappa shape index (κ1) is 19.1. The molecule has 3 rings (SSSR count). The van der Waals surface area contributed by atoms with Gasteiger partial charge in [-0.05, 0) is 23.8 Å². The van der Waals surface area contributed by atoms with Crippen molar-refractivity contribution in [1.29, 1.82) is 0 Å². The molecule has 0 spiro atoms. The number of hydrogen-bond donors (Lipinski definition) is 1. The Morgan fingerprint density at radius 3 is 2.48 bits per heavy atom. The molecular weight excluding hydrogens is 420 g/mol. The van der Waals surface area contributed by atoms with Crippen molar-refractivity contribution < 1.29 is 14.6 Å². The Labute approximate surface area is 163 Å². The third-order valence-electron chi connectivity index (χ3n) is 4.26. The predicted molar refractivity (Wildman–Crippen MR) is 104 cm³/mol. The fourth-order valence-corrected chi connectivity index (χ4v) is 3.26. The van der Waals surface area contributed by atoms with E-state index < -0.39 is 9.85 Å². The number of nitrogens with zero attached hydrogens (tertiary/aromatic N) is 3. The van der Waals surface area contributed by atoms with E-state index in [0.29, 0.717) is 19.8 Å². The number of nitro groups is 2. The average Bonchev–Trinajstić information content (AvgIpc) is 2.67. The maximum atomic E-state index is 11.3. The van der Waals surface area contributed by atoms with Gasteiger partial charge in [0.2, 0.25) is 0 Å². The summed E-state index contributed by atoms with van der Waals surface area (Å²) in [4.78, 5) is 23.1. The number of rotatable bonds is 6. The van der Waals surface area contributed by atoms with Crippen LogP contribution in [-0.2, 0) is 11.3 Å². The van der Waals surface area contributed by atoms with Crippen LogP contribution in [0.5, 0.6) is 0 Å². The summed E-state index contributed by atoms with van der Waals surface area (Å²) in [5.74, 6) is 0. The molecule has 0 aromatic heterocycles. The highest BCUT2D eigenvalue weighted by molar-refractivity contribution is 9.10. The number of morpholine rings is 1. The fraction of sp³-hybridized carbons (Fsp3) is 0.294. The summed E-state index contributed by atoms with van der Waals surface area (Å²) in [5, 5.41) is 25.2. The molecule has 0 aliphatic carbocycles. The van der Waals surface area contributed by atoms with Gasteiger partial charge >= 0.3 is 0 Å². The van der Waals surface area contributed by atoms with Crippen molar-refractivity contribution in [1.82, 2.24) is 0 Å². The Morgan fingerprint density at radius 2 is 1.81 bits per heavy atom. The average molecular weight is 437 g/mol. The van der Waals surface area contributed by atoms with E-state index in [4.69, 9.17) is 4.74 Å². The molecule has 0 bridgehead atoms. The van der Waals surface area contributed by atoms with Gasteiger partial charge < -0.3 is 15.0 Å². The van der Waals surface area contributed by atoms with Gasteiger partial charge in [0, 0.05) is 35.9 Å². The third-order valence-corrected chi connectivity index (χ3v) is 4.75. The van der Waals surface area contributed by atoms with E-state index in [9.17, 15) is 20.2 Å². The minimum absolute atomic E-state index is 0.237. The molecule has 0 atom stereocenters. The summed E-state index contributed by atoms with van der Waals surface area (Å²) < 4.78 is 6.33. The zero-order valence-corrected chi connectivity index (χ0v) is 15.8. The lowest BCUT2D eigenvalue weighted by molar-refractivity contribution is -0.393. The first-order chi connectivity index (χ1) is 13.0. The topological polar surface area (TPSA) is 111 Å². The predicted octanol–water partition coefficient (Wildman–Crippen LogP) is 3.71. The highest BCUT2D eigenvalue weighted by Crippen LogP contribution is 2.31. The highest BCUT2D eigenvalue weighted by atomic mass is 79.9. The summed E-state index contributed by atoms with van der Waals surface area (Å²) in [6.45, 7) is 3.17. The Kier molecular flexibility index (Phi) is 5.87. The lowest BCUT2D eigenvalue weighted by atomic mass is 10.1. The SMILES string of the molecule is O=[N+]([O-])c1ccc(NCc2ccc(Br)cc2N2CCOCC2)c([N+](=O)[O-])c1. The van der Waals surface area contributed by atoms with E-state index in [0.717, 1.165) is 34.9 Å². The van der Waals surface area contributed by atoms with Gasteiger partial charge in [-0.15, -0.1) is 0 Å². The molecule has 1 N–H and O–H groups in total. The Morgan fingerprint density at radius 1 is 1.07 bits per heavy atom. The molecule has 1 aliphatic heterocycles. The van der Waals surface area contributed by atoms with Gasteiger partial charge in [-0.3, -0.25) is 20.2 Å². The highest BCUT2D eigenvalue weighted by Gasteiger charge is 2.20. The Bertz CT molecular complexity index is 870. The van der Waals surface area contributed by atoms with Crippen LogP contribution in [-0.4, -0.2) is 36.1 Å². The molecule has 142 valence electrons. The quantitative estimate of drug-likeness (QED) is 0.542. The molecule has 2 aromatic carbocycles. The van der Waals surface area contributed by atoms with Crippen LogP contribution in [0.3, 0.4) is 0 Å². The summed E-state index contributed by atoms with van der Waals surface area (Å²) in [6.07, 6.45) is 0. The van der Waals surface area contributed by atoms with Crippen LogP contribution in [0.2, 0.25) is 0 Å². The van der Waals surface area contributed by atoms with Crippen LogP contribution >= 0.6 is 15.9 Å². The number of halogens is 1. The molecule has 27 heavy (non-hydrogen) atoms. The van der Waals surface area contributed by atoms with Gasteiger partial charge in [0.1, 0.15) is 5.69 Å². The van der Waals surface area contributed by atoms with E-state index in [1.165, 1.54) is 12.1 Å². The van der Waals surface area contributed by atoms with Crippen molar-refractivity contribution in [3.63, 3.8) is 0 Å². The summed E-state index contributed by atoms with van der Waals surface area (Å²) in [7, 11) is 0. The van der Waals surface area contributed by atoms with Crippen LogP contribution in [0, 0.1) is 20.2 Å². The van der Waals surface area contributed by atoms with Crippen LogP contribution < -0.4 is 10.2 Å². The largest absolute Gasteiger partial charge is 0.378 e. The van der Waals surface area contributed by atoms with Gasteiger partial charge in [0.15, 0.2) is 0 Å². The van der Waals surface area contributed by atoms with Gasteiger partial charge in [-0.1, -0.05) is 22.0 Å². The first-order valence-corrected chi connectivity index (χ1v) is 9.03. The molecule has 9 nitrogen and oxygen atoms in total. The lowest BCUT2D eigenvalue weighted by Crippen LogP contribution is -2.36. The van der Waals surface area contributed by atoms with Crippen molar-refractivity contribution in [2.24, 2.45) is 0 Å². The second-order valence-corrected chi connectivity index (χ2v) is 6.86. The molecule has 0 amide bonds. The first-order valence-electron chi connectivity index (χ1n) is 8.23. The van der Waals surface area contributed by atoms with Crippen molar-refractivity contribution in [3.8, 4) is 0 Å². The van der Waals surface area contributed by atoms with E-state index >= 15 is 0 Å². The molecule has 1 aliphatic rings. The maximum Gasteiger partial charge on any atom is 0.299 e. The number of ether oxygens (including phenoxy) is 1. The van der Waals surface area contributed by atoms with Crippen molar-refractivity contribution in [3.05, 3.63) is 66.7 Å². The lowest BCUT2D eigenvalue weighted by Gasteiger charge is -2.31. The molecule has 10 heteroatoms. The van der Waals surface area contributed by atoms with E-state index in [-0.39, 0.29) is 17.1 Å². The molecule has 0 radical (unpaired) electrons. The molecule has 1 fully saturated rings. The van der Waals surface area contributed by atoms with Crippen molar-refractivity contribution in [2.45, 2.75) is 6.54 Å². The monoisotopic (exact) mass is 436 g/mol. The maximum absolute atomic E-state index is 11.3. The Hall–Kier alpha value is -2.72. The summed E-state index contributed by atoms with van der Waals surface area (Å²) in [6, 6.07) is 9.44. The second kappa shape index (κ2) is 8.31. The van der Waals surface area contributed by atoms with E-state index in [1.54, 1.807) is 0 Å². The van der Waals surface area contributed by atoms with Gasteiger partial charge in [-0.25, -0.2) is 0 Å². The zero-order chi connectivity index (χ0) is 19.4. The number of nitrogens with one attached hydrogen (secondary N) is 1. The molecule has 1 heterocycles. The van der Waals surface area contributed by atoms with E-state index in [1.807, 2.05) is 18.2 Å². The zero-order valence-electron chi connectivity index (χ0n) is 14.3. The number of anilines is 2. The van der Waals surface area contributed by atoms with Crippen molar-refractivity contribution in [2.75, 3.05) is 36.5 Å². The fourth-order valence-electron chi connectivity index (χ4n) is 2.91. The number of non-ortho nitro benzene ring substituents is 1. The molecular formula is C17H17BrN4O5.